The van der Waals surface area contributed by atoms with Gasteiger partial charge in [0.1, 0.15) is 0 Å². The molecule has 1 spiro atoms. The third-order valence-electron chi connectivity index (χ3n) is 5.85. The van der Waals surface area contributed by atoms with Crippen molar-refractivity contribution in [3.8, 4) is 0 Å². The summed E-state index contributed by atoms with van der Waals surface area (Å²) in [7, 11) is 0. The highest BCUT2D eigenvalue weighted by Crippen LogP contribution is 2.40. The molecule has 1 atom stereocenters. The summed E-state index contributed by atoms with van der Waals surface area (Å²) in [6, 6.07) is 23.8. The fraction of sp³-hybridized carbons (Fsp3) is 0.280. The maximum Gasteiger partial charge on any atom is 0.215 e. The molecule has 0 aromatic heterocycles. The van der Waals surface area contributed by atoms with E-state index in [1.807, 2.05) is 0 Å². The predicted octanol–water partition coefficient (Wildman–Crippen LogP) is 4.87. The maximum atomic E-state index is 6.06. The summed E-state index contributed by atoms with van der Waals surface area (Å²) in [5.41, 5.74) is 5.09. The second kappa shape index (κ2) is 7.17. The molecule has 0 amide bonds. The highest BCUT2D eigenvalue weighted by atomic mass is 16.7. The Bertz CT molecular complexity index is 1030. The van der Waals surface area contributed by atoms with E-state index < -0.39 is 5.79 Å². The van der Waals surface area contributed by atoms with Gasteiger partial charge in [0.2, 0.25) is 5.79 Å². The molecule has 1 N–H and O–H groups in total. The van der Waals surface area contributed by atoms with Crippen LogP contribution in [0.3, 0.4) is 0 Å². The molecule has 3 aromatic carbocycles. The van der Waals surface area contributed by atoms with Crippen LogP contribution in [0.15, 0.2) is 78.4 Å². The summed E-state index contributed by atoms with van der Waals surface area (Å²) in [6.45, 7) is 4.32. The van der Waals surface area contributed by atoms with E-state index in [1.165, 1.54) is 27.5 Å². The number of ether oxygens (including phenoxy) is 2. The topological polar surface area (TPSA) is 30.5 Å². The van der Waals surface area contributed by atoms with Gasteiger partial charge in [0.15, 0.2) is 0 Å². The van der Waals surface area contributed by atoms with E-state index in [0.29, 0.717) is 13.2 Å². The van der Waals surface area contributed by atoms with Crippen molar-refractivity contribution in [3.05, 3.63) is 95.1 Å². The molecule has 0 radical (unpaired) electrons. The monoisotopic (exact) mass is 371 g/mol. The van der Waals surface area contributed by atoms with Crippen LogP contribution < -0.4 is 5.32 Å². The zero-order valence-corrected chi connectivity index (χ0v) is 16.2. The molecular weight excluding hydrogens is 346 g/mol. The smallest absolute Gasteiger partial charge is 0.215 e. The first-order valence-corrected chi connectivity index (χ1v) is 10.0. The van der Waals surface area contributed by atoms with Crippen molar-refractivity contribution in [3.63, 3.8) is 0 Å². The van der Waals surface area contributed by atoms with Crippen LogP contribution in [-0.2, 0) is 21.7 Å². The molecule has 2 aliphatic rings. The first kappa shape index (κ1) is 17.6. The van der Waals surface area contributed by atoms with E-state index in [2.05, 4.69) is 85.0 Å². The summed E-state index contributed by atoms with van der Waals surface area (Å²) in [5.74, 6) is -0.700. The molecule has 0 bridgehead atoms. The lowest BCUT2D eigenvalue weighted by molar-refractivity contribution is -0.125. The zero-order valence-electron chi connectivity index (χ0n) is 16.2. The number of nitrogens with one attached hydrogen (secondary N) is 1. The lowest BCUT2D eigenvalue weighted by Gasteiger charge is -2.32. The molecule has 1 fully saturated rings. The van der Waals surface area contributed by atoms with Crippen LogP contribution in [0.5, 0.6) is 0 Å². The van der Waals surface area contributed by atoms with Gasteiger partial charge in [-0.3, -0.25) is 0 Å². The highest BCUT2D eigenvalue weighted by molar-refractivity contribution is 5.86. The van der Waals surface area contributed by atoms with E-state index >= 15 is 0 Å². The van der Waals surface area contributed by atoms with Crippen molar-refractivity contribution < 1.29 is 9.47 Å². The Morgan fingerprint density at radius 1 is 0.929 bits per heavy atom. The van der Waals surface area contributed by atoms with Crippen molar-refractivity contribution in [1.82, 2.24) is 5.32 Å². The molecule has 3 aromatic rings. The molecular formula is C25H25NO2. The van der Waals surface area contributed by atoms with Crippen LogP contribution in [0.4, 0.5) is 0 Å². The SMILES string of the molecule is C[C@@H](NCC1=CC2(OCCO2)c2ccccc2C1)c1cccc2ccccc12. The number of rotatable bonds is 4. The molecule has 1 aliphatic carbocycles. The number of hydrogen-bond donors (Lipinski definition) is 1. The average Bonchev–Trinajstić information content (AvgIpc) is 3.20. The van der Waals surface area contributed by atoms with Crippen molar-refractivity contribution >= 4 is 10.8 Å². The lowest BCUT2D eigenvalue weighted by Crippen LogP contribution is -2.32. The fourth-order valence-electron chi connectivity index (χ4n) is 4.46. The Morgan fingerprint density at radius 3 is 2.57 bits per heavy atom. The van der Waals surface area contributed by atoms with E-state index in [0.717, 1.165) is 18.5 Å². The van der Waals surface area contributed by atoms with Crippen molar-refractivity contribution in [2.45, 2.75) is 25.2 Å². The van der Waals surface area contributed by atoms with Gasteiger partial charge in [-0.15, -0.1) is 0 Å². The third-order valence-corrected chi connectivity index (χ3v) is 5.85. The summed E-state index contributed by atoms with van der Waals surface area (Å²) in [4.78, 5) is 0. The van der Waals surface area contributed by atoms with Gasteiger partial charge in [0, 0.05) is 18.2 Å². The molecule has 1 heterocycles. The standard InChI is InChI=1S/C25H25NO2/c1-18(22-11-6-9-20-7-2-4-10-23(20)22)26-17-19-15-21-8-3-5-12-24(21)25(16-19)27-13-14-28-25/h2-12,16,18,26H,13-15,17H2,1H3/t18-/m1/s1. The molecule has 0 saturated carbocycles. The van der Waals surface area contributed by atoms with Gasteiger partial charge >= 0.3 is 0 Å². The molecule has 1 saturated heterocycles. The minimum Gasteiger partial charge on any atom is -0.340 e. The van der Waals surface area contributed by atoms with Crippen LogP contribution in [0.25, 0.3) is 10.8 Å². The van der Waals surface area contributed by atoms with Gasteiger partial charge in [0.25, 0.3) is 0 Å². The van der Waals surface area contributed by atoms with E-state index in [1.54, 1.807) is 0 Å². The van der Waals surface area contributed by atoms with E-state index in [9.17, 15) is 0 Å². The molecule has 1 aliphatic heterocycles. The van der Waals surface area contributed by atoms with Crippen molar-refractivity contribution in [1.29, 1.82) is 0 Å². The first-order valence-electron chi connectivity index (χ1n) is 10.0. The van der Waals surface area contributed by atoms with Crippen LogP contribution >= 0.6 is 0 Å². The average molecular weight is 371 g/mol. The second-order valence-corrected chi connectivity index (χ2v) is 7.67. The van der Waals surface area contributed by atoms with E-state index in [-0.39, 0.29) is 6.04 Å². The number of hydrogen-bond acceptors (Lipinski definition) is 3. The highest BCUT2D eigenvalue weighted by Gasteiger charge is 2.40. The molecule has 3 heteroatoms. The Balaban J connectivity index is 1.39. The molecule has 28 heavy (non-hydrogen) atoms. The Labute approximate surface area is 166 Å². The lowest BCUT2D eigenvalue weighted by atomic mass is 9.87. The number of fused-ring (bicyclic) bond motifs is 3. The first-order chi connectivity index (χ1) is 13.8. The van der Waals surface area contributed by atoms with Gasteiger partial charge in [-0.1, -0.05) is 72.3 Å². The van der Waals surface area contributed by atoms with Gasteiger partial charge in [-0.25, -0.2) is 0 Å². The fourth-order valence-corrected chi connectivity index (χ4v) is 4.46. The van der Waals surface area contributed by atoms with Crippen molar-refractivity contribution in [2.75, 3.05) is 19.8 Å². The van der Waals surface area contributed by atoms with Gasteiger partial charge in [-0.2, -0.15) is 0 Å². The van der Waals surface area contributed by atoms with Crippen LogP contribution in [-0.4, -0.2) is 19.8 Å². The molecule has 0 unspecified atom stereocenters. The number of benzene rings is 3. The normalized spacial score (nSPS) is 18.8. The zero-order chi connectivity index (χ0) is 19.0. The minimum absolute atomic E-state index is 0.255. The predicted molar refractivity (Wildman–Crippen MR) is 112 cm³/mol. The molecule has 142 valence electrons. The summed E-state index contributed by atoms with van der Waals surface area (Å²) >= 11 is 0. The largest absolute Gasteiger partial charge is 0.340 e. The van der Waals surface area contributed by atoms with Crippen LogP contribution in [0, 0.1) is 0 Å². The summed E-state index contributed by atoms with van der Waals surface area (Å²) in [5, 5.41) is 6.31. The van der Waals surface area contributed by atoms with Crippen LogP contribution in [0.1, 0.15) is 29.7 Å². The molecule has 5 rings (SSSR count). The molecule has 3 nitrogen and oxygen atoms in total. The second-order valence-electron chi connectivity index (χ2n) is 7.67. The quantitative estimate of drug-likeness (QED) is 0.664. The van der Waals surface area contributed by atoms with Crippen molar-refractivity contribution in [2.24, 2.45) is 0 Å². The van der Waals surface area contributed by atoms with Gasteiger partial charge in [0.05, 0.1) is 13.2 Å². The maximum absolute atomic E-state index is 6.06. The third kappa shape index (κ3) is 3.06. The minimum atomic E-state index is -0.700. The summed E-state index contributed by atoms with van der Waals surface area (Å²) in [6.07, 6.45) is 3.12. The Morgan fingerprint density at radius 2 is 1.68 bits per heavy atom. The summed E-state index contributed by atoms with van der Waals surface area (Å²) < 4.78 is 12.1. The van der Waals surface area contributed by atoms with Gasteiger partial charge < -0.3 is 14.8 Å². The Hall–Kier alpha value is -2.46. The van der Waals surface area contributed by atoms with Crippen LogP contribution in [0.2, 0.25) is 0 Å². The van der Waals surface area contributed by atoms with E-state index in [4.69, 9.17) is 9.47 Å². The van der Waals surface area contributed by atoms with Gasteiger partial charge in [-0.05, 0) is 41.3 Å². The Kier molecular flexibility index (Phi) is 4.52.